The molecule has 8 heteroatoms. The van der Waals surface area contributed by atoms with Gasteiger partial charge in [0.2, 0.25) is 10.0 Å². The summed E-state index contributed by atoms with van der Waals surface area (Å²) in [6.07, 6.45) is 0. The highest BCUT2D eigenvalue weighted by Crippen LogP contribution is 2.13. The van der Waals surface area contributed by atoms with Crippen molar-refractivity contribution in [3.63, 3.8) is 0 Å². The summed E-state index contributed by atoms with van der Waals surface area (Å²) < 4.78 is 30.3. The van der Waals surface area contributed by atoms with Crippen LogP contribution in [-0.2, 0) is 25.3 Å². The number of nitrogens with one attached hydrogen (secondary N) is 1. The van der Waals surface area contributed by atoms with Crippen molar-refractivity contribution >= 4 is 22.0 Å². The second kappa shape index (κ2) is 6.49. The first kappa shape index (κ1) is 16.1. The predicted octanol–water partition coefficient (Wildman–Crippen LogP) is 0.366. The van der Waals surface area contributed by atoms with Gasteiger partial charge in [0.1, 0.15) is 6.04 Å². The molecule has 0 bridgehead atoms. The minimum absolute atomic E-state index is 0.128. The van der Waals surface area contributed by atoms with Gasteiger partial charge in [-0.25, -0.2) is 17.9 Å². The van der Waals surface area contributed by atoms with E-state index in [2.05, 4.69) is 4.74 Å². The lowest BCUT2D eigenvalue weighted by molar-refractivity contribution is -0.138. The number of carboxylic acids is 1. The maximum atomic E-state index is 11.9. The van der Waals surface area contributed by atoms with Crippen molar-refractivity contribution in [3.05, 3.63) is 35.4 Å². The van der Waals surface area contributed by atoms with Crippen LogP contribution in [0, 0.1) is 0 Å². The van der Waals surface area contributed by atoms with Crippen molar-refractivity contribution in [2.24, 2.45) is 0 Å². The first-order valence-electron chi connectivity index (χ1n) is 5.66. The molecule has 0 unspecified atom stereocenters. The molecule has 0 amide bonds. The first-order chi connectivity index (χ1) is 9.26. The second-order valence-corrected chi connectivity index (χ2v) is 5.84. The Morgan fingerprint density at radius 2 is 1.95 bits per heavy atom. The number of esters is 1. The van der Waals surface area contributed by atoms with E-state index in [0.717, 1.165) is 0 Å². The van der Waals surface area contributed by atoms with Crippen molar-refractivity contribution in [1.82, 2.24) is 4.72 Å². The number of benzene rings is 1. The van der Waals surface area contributed by atoms with E-state index in [1.165, 1.54) is 26.2 Å². The number of rotatable bonds is 6. The molecule has 0 heterocycles. The number of aliphatic carboxylic acids is 1. The van der Waals surface area contributed by atoms with Gasteiger partial charge in [-0.1, -0.05) is 18.2 Å². The molecular formula is C12H15NO6S. The first-order valence-corrected chi connectivity index (χ1v) is 7.31. The van der Waals surface area contributed by atoms with Crippen molar-refractivity contribution in [2.45, 2.75) is 18.7 Å². The molecule has 7 nitrogen and oxygen atoms in total. The van der Waals surface area contributed by atoms with Crippen LogP contribution in [0.3, 0.4) is 0 Å². The summed E-state index contributed by atoms with van der Waals surface area (Å²) in [5, 5.41) is 8.69. The fraction of sp³-hybridized carbons (Fsp3) is 0.333. The number of ether oxygens (including phenoxy) is 1. The van der Waals surface area contributed by atoms with Gasteiger partial charge in [0, 0.05) is 0 Å². The Morgan fingerprint density at radius 3 is 2.50 bits per heavy atom. The SMILES string of the molecule is COC(=O)c1ccccc1CS(=O)(=O)N[C@H](C)C(=O)O. The summed E-state index contributed by atoms with van der Waals surface area (Å²) in [4.78, 5) is 22.2. The quantitative estimate of drug-likeness (QED) is 0.734. The molecule has 0 spiro atoms. The number of hydrogen-bond donors (Lipinski definition) is 2. The fourth-order valence-corrected chi connectivity index (χ4v) is 2.91. The molecule has 20 heavy (non-hydrogen) atoms. The third kappa shape index (κ3) is 4.32. The van der Waals surface area contributed by atoms with E-state index in [1.807, 2.05) is 4.72 Å². The predicted molar refractivity (Wildman–Crippen MR) is 70.6 cm³/mol. The Kier molecular flexibility index (Phi) is 5.23. The van der Waals surface area contributed by atoms with Gasteiger partial charge >= 0.3 is 11.9 Å². The van der Waals surface area contributed by atoms with E-state index in [0.29, 0.717) is 0 Å². The molecule has 0 aliphatic heterocycles. The van der Waals surface area contributed by atoms with Gasteiger partial charge in [-0.3, -0.25) is 4.79 Å². The molecule has 0 fully saturated rings. The number of carboxylic acid groups (broad SMARTS) is 1. The van der Waals surface area contributed by atoms with Crippen LogP contribution in [0.1, 0.15) is 22.8 Å². The van der Waals surface area contributed by atoms with Gasteiger partial charge in [0.25, 0.3) is 0 Å². The summed E-state index contributed by atoms with van der Waals surface area (Å²) >= 11 is 0. The van der Waals surface area contributed by atoms with Gasteiger partial charge in [-0.05, 0) is 18.6 Å². The Labute approximate surface area is 116 Å². The molecule has 1 aromatic rings. The molecule has 1 rings (SSSR count). The highest BCUT2D eigenvalue weighted by atomic mass is 32.2. The molecule has 1 atom stereocenters. The zero-order chi connectivity index (χ0) is 15.3. The summed E-state index contributed by atoms with van der Waals surface area (Å²) in [6, 6.07) is 4.83. The van der Waals surface area contributed by atoms with Crippen molar-refractivity contribution in [3.8, 4) is 0 Å². The molecule has 0 aliphatic carbocycles. The lowest BCUT2D eigenvalue weighted by atomic mass is 10.1. The molecule has 0 saturated carbocycles. The minimum Gasteiger partial charge on any atom is -0.480 e. The van der Waals surface area contributed by atoms with E-state index >= 15 is 0 Å². The summed E-state index contributed by atoms with van der Waals surface area (Å²) in [5.74, 6) is -2.44. The number of carbonyl (C=O) groups is 2. The Balaban J connectivity index is 2.98. The molecule has 1 aromatic carbocycles. The zero-order valence-electron chi connectivity index (χ0n) is 11.0. The Bertz CT molecular complexity index is 610. The summed E-state index contributed by atoms with van der Waals surface area (Å²) in [6.45, 7) is 1.21. The molecule has 0 radical (unpaired) electrons. The van der Waals surface area contributed by atoms with Crippen LogP contribution in [0.25, 0.3) is 0 Å². The molecule has 0 saturated heterocycles. The van der Waals surface area contributed by atoms with Crippen LogP contribution >= 0.6 is 0 Å². The van der Waals surface area contributed by atoms with E-state index < -0.39 is 33.8 Å². The number of carbonyl (C=O) groups excluding carboxylic acids is 1. The smallest absolute Gasteiger partial charge is 0.338 e. The largest absolute Gasteiger partial charge is 0.480 e. The van der Waals surface area contributed by atoms with E-state index in [9.17, 15) is 18.0 Å². The van der Waals surface area contributed by atoms with Crippen molar-refractivity contribution < 1.29 is 27.9 Å². The third-order valence-corrected chi connectivity index (χ3v) is 3.90. The Hall–Kier alpha value is -1.93. The van der Waals surface area contributed by atoms with E-state index in [4.69, 9.17) is 5.11 Å². The van der Waals surface area contributed by atoms with Gasteiger partial charge in [-0.2, -0.15) is 0 Å². The second-order valence-electron chi connectivity index (χ2n) is 4.09. The highest BCUT2D eigenvalue weighted by molar-refractivity contribution is 7.88. The lowest BCUT2D eigenvalue weighted by Crippen LogP contribution is -2.39. The van der Waals surface area contributed by atoms with Crippen LogP contribution < -0.4 is 4.72 Å². The zero-order valence-corrected chi connectivity index (χ0v) is 11.8. The standard InChI is InChI=1S/C12H15NO6S/c1-8(11(14)15)13-20(17,18)7-9-5-3-4-6-10(9)12(16)19-2/h3-6,8,13H,7H2,1-2H3,(H,14,15)/t8-/m1/s1. The molecule has 0 aromatic heterocycles. The van der Waals surface area contributed by atoms with Crippen LogP contribution in [0.5, 0.6) is 0 Å². The van der Waals surface area contributed by atoms with Gasteiger partial charge in [-0.15, -0.1) is 0 Å². The number of sulfonamides is 1. The normalized spacial score (nSPS) is 12.7. The molecule has 110 valence electrons. The van der Waals surface area contributed by atoms with Crippen molar-refractivity contribution in [1.29, 1.82) is 0 Å². The van der Waals surface area contributed by atoms with E-state index in [-0.39, 0.29) is 11.1 Å². The topological polar surface area (TPSA) is 110 Å². The average Bonchev–Trinajstić information content (AvgIpc) is 2.37. The average molecular weight is 301 g/mol. The molecule has 2 N–H and O–H groups in total. The van der Waals surface area contributed by atoms with Crippen LogP contribution in [-0.4, -0.2) is 38.6 Å². The number of hydrogen-bond acceptors (Lipinski definition) is 5. The summed E-state index contributed by atoms with van der Waals surface area (Å²) in [7, 11) is -2.69. The molecule has 0 aliphatic rings. The summed E-state index contributed by atoms with van der Waals surface area (Å²) in [5.41, 5.74) is 0.368. The van der Waals surface area contributed by atoms with Crippen LogP contribution in [0.4, 0.5) is 0 Å². The van der Waals surface area contributed by atoms with Gasteiger partial charge in [0.05, 0.1) is 18.4 Å². The third-order valence-electron chi connectivity index (χ3n) is 2.49. The van der Waals surface area contributed by atoms with E-state index in [1.54, 1.807) is 12.1 Å². The van der Waals surface area contributed by atoms with Crippen LogP contribution in [0.2, 0.25) is 0 Å². The number of methoxy groups -OCH3 is 1. The van der Waals surface area contributed by atoms with Crippen molar-refractivity contribution in [2.75, 3.05) is 7.11 Å². The highest BCUT2D eigenvalue weighted by Gasteiger charge is 2.22. The lowest BCUT2D eigenvalue weighted by Gasteiger charge is -2.12. The maximum Gasteiger partial charge on any atom is 0.338 e. The van der Waals surface area contributed by atoms with Gasteiger partial charge < -0.3 is 9.84 Å². The minimum atomic E-state index is -3.88. The van der Waals surface area contributed by atoms with Gasteiger partial charge in [0.15, 0.2) is 0 Å². The fourth-order valence-electron chi connectivity index (χ4n) is 1.52. The monoisotopic (exact) mass is 301 g/mol. The molecular weight excluding hydrogens is 286 g/mol. The van der Waals surface area contributed by atoms with Crippen LogP contribution in [0.15, 0.2) is 24.3 Å². The maximum absolute atomic E-state index is 11.9. The Morgan fingerprint density at radius 1 is 1.35 bits per heavy atom.